The predicted molar refractivity (Wildman–Crippen MR) is 99.4 cm³/mol. The highest BCUT2D eigenvalue weighted by atomic mass is 79.9. The van der Waals surface area contributed by atoms with Crippen LogP contribution in [0.5, 0.6) is 0 Å². The first-order valence-electron chi connectivity index (χ1n) is 7.56. The van der Waals surface area contributed by atoms with E-state index in [-0.39, 0.29) is 20.9 Å². The van der Waals surface area contributed by atoms with Crippen molar-refractivity contribution >= 4 is 37.5 Å². The Morgan fingerprint density at radius 3 is 2.52 bits per heavy atom. The number of hydrogen-bond donors (Lipinski definition) is 0. The summed E-state index contributed by atoms with van der Waals surface area (Å²) in [5.41, 5.74) is 0. The summed E-state index contributed by atoms with van der Waals surface area (Å²) < 4.78 is 37.8. The molecule has 3 aromatic rings. The Morgan fingerprint density at radius 2 is 1.92 bits per heavy atom. The molecule has 0 aliphatic heterocycles. The third-order valence-corrected chi connectivity index (χ3v) is 6.93. The normalized spacial score (nSPS) is 12.0. The van der Waals surface area contributed by atoms with Gasteiger partial charge in [0.15, 0.2) is 5.76 Å². The van der Waals surface area contributed by atoms with Gasteiger partial charge in [-0.15, -0.1) is 0 Å². The zero-order valence-corrected chi connectivity index (χ0v) is 16.8. The standard InChI is InChI=1S/C17H16BrNO4S2/c1-11(2)10-24-17-16(19-15(23-17)14-4-3-9-22-14)25(20,21)13-7-5-12(18)6-8-13/h3-9,11H,10H2,1-2H3. The topological polar surface area (TPSA) is 73.3 Å². The molecule has 0 saturated carbocycles. The van der Waals surface area contributed by atoms with Crippen molar-refractivity contribution in [3.63, 3.8) is 0 Å². The number of rotatable bonds is 6. The number of furan rings is 1. The van der Waals surface area contributed by atoms with E-state index in [0.717, 1.165) is 10.2 Å². The monoisotopic (exact) mass is 441 g/mol. The van der Waals surface area contributed by atoms with E-state index in [1.165, 1.54) is 30.2 Å². The molecule has 25 heavy (non-hydrogen) atoms. The molecule has 0 N–H and O–H groups in total. The Bertz CT molecular complexity index is 945. The Hall–Kier alpha value is -1.51. The number of hydrogen-bond acceptors (Lipinski definition) is 6. The molecule has 0 atom stereocenters. The molecule has 0 aliphatic carbocycles. The Balaban J connectivity index is 2.07. The molecule has 8 heteroatoms. The van der Waals surface area contributed by atoms with Crippen LogP contribution in [0, 0.1) is 5.92 Å². The number of halogens is 1. The van der Waals surface area contributed by atoms with Gasteiger partial charge in [-0.1, -0.05) is 41.5 Å². The summed E-state index contributed by atoms with van der Waals surface area (Å²) in [6, 6.07) is 9.82. The highest BCUT2D eigenvalue weighted by Gasteiger charge is 2.29. The van der Waals surface area contributed by atoms with E-state index in [2.05, 4.69) is 34.8 Å². The van der Waals surface area contributed by atoms with Gasteiger partial charge in [-0.25, -0.2) is 8.42 Å². The average molecular weight is 442 g/mol. The van der Waals surface area contributed by atoms with E-state index in [4.69, 9.17) is 8.83 Å². The Kier molecular flexibility index (Phi) is 5.41. The molecule has 132 valence electrons. The lowest BCUT2D eigenvalue weighted by atomic mass is 10.3. The van der Waals surface area contributed by atoms with Crippen LogP contribution in [0.2, 0.25) is 0 Å². The van der Waals surface area contributed by atoms with Gasteiger partial charge in [-0.2, -0.15) is 4.98 Å². The van der Waals surface area contributed by atoms with E-state index >= 15 is 0 Å². The zero-order valence-electron chi connectivity index (χ0n) is 13.6. The molecule has 0 bridgehead atoms. The Labute approximate surface area is 158 Å². The average Bonchev–Trinajstić information content (AvgIpc) is 3.23. The fraction of sp³-hybridized carbons (Fsp3) is 0.235. The Morgan fingerprint density at radius 1 is 1.20 bits per heavy atom. The second kappa shape index (κ2) is 7.39. The summed E-state index contributed by atoms with van der Waals surface area (Å²) in [6.07, 6.45) is 1.49. The molecular weight excluding hydrogens is 426 g/mol. The van der Waals surface area contributed by atoms with Crippen LogP contribution in [0.15, 0.2) is 71.0 Å². The lowest BCUT2D eigenvalue weighted by molar-refractivity contribution is 0.450. The van der Waals surface area contributed by atoms with Crippen molar-refractivity contribution in [3.05, 3.63) is 47.1 Å². The van der Waals surface area contributed by atoms with Crippen molar-refractivity contribution in [1.29, 1.82) is 0 Å². The molecule has 3 rings (SSSR count). The van der Waals surface area contributed by atoms with Crippen LogP contribution in [0.25, 0.3) is 11.7 Å². The van der Waals surface area contributed by atoms with Gasteiger partial charge >= 0.3 is 0 Å². The molecule has 0 spiro atoms. The SMILES string of the molecule is CC(C)CSc1oc(-c2ccco2)nc1S(=O)(=O)c1ccc(Br)cc1. The largest absolute Gasteiger partial charge is 0.459 e. The smallest absolute Gasteiger partial charge is 0.265 e. The maximum atomic E-state index is 13.0. The van der Waals surface area contributed by atoms with Crippen LogP contribution in [0.1, 0.15) is 13.8 Å². The van der Waals surface area contributed by atoms with E-state index < -0.39 is 9.84 Å². The first kappa shape index (κ1) is 18.3. The van der Waals surface area contributed by atoms with Crippen molar-refractivity contribution in [2.45, 2.75) is 28.9 Å². The minimum atomic E-state index is -3.79. The number of aromatic nitrogens is 1. The van der Waals surface area contributed by atoms with E-state index in [1.54, 1.807) is 24.3 Å². The van der Waals surface area contributed by atoms with Crippen LogP contribution >= 0.6 is 27.7 Å². The first-order valence-corrected chi connectivity index (χ1v) is 10.8. The molecule has 5 nitrogen and oxygen atoms in total. The molecule has 0 radical (unpaired) electrons. The third kappa shape index (κ3) is 4.02. The molecule has 0 aliphatic rings. The van der Waals surface area contributed by atoms with Crippen LogP contribution in [0.4, 0.5) is 0 Å². The predicted octanol–water partition coefficient (Wildman–Crippen LogP) is 5.28. The molecule has 2 heterocycles. The van der Waals surface area contributed by atoms with Gasteiger partial charge in [-0.3, -0.25) is 0 Å². The number of benzene rings is 1. The van der Waals surface area contributed by atoms with Crippen LogP contribution in [0.3, 0.4) is 0 Å². The van der Waals surface area contributed by atoms with Crippen molar-refractivity contribution < 1.29 is 17.3 Å². The first-order chi connectivity index (χ1) is 11.9. The minimum absolute atomic E-state index is 0.0770. The highest BCUT2D eigenvalue weighted by molar-refractivity contribution is 9.10. The molecule has 1 aromatic carbocycles. The quantitative estimate of drug-likeness (QED) is 0.484. The maximum Gasteiger partial charge on any atom is 0.265 e. The number of nitrogens with zero attached hydrogens (tertiary/aromatic N) is 1. The van der Waals surface area contributed by atoms with E-state index in [9.17, 15) is 8.42 Å². The molecule has 0 fully saturated rings. The summed E-state index contributed by atoms with van der Waals surface area (Å²) >= 11 is 4.65. The summed E-state index contributed by atoms with van der Waals surface area (Å²) in [7, 11) is -3.79. The van der Waals surface area contributed by atoms with Gasteiger partial charge in [0.1, 0.15) is 0 Å². The van der Waals surface area contributed by atoms with E-state index in [1.807, 2.05) is 0 Å². The van der Waals surface area contributed by atoms with Gasteiger partial charge in [0.25, 0.3) is 5.89 Å². The lowest BCUT2D eigenvalue weighted by Crippen LogP contribution is -2.04. The van der Waals surface area contributed by atoms with Crippen molar-refractivity contribution in [1.82, 2.24) is 4.98 Å². The maximum absolute atomic E-state index is 13.0. The number of oxazole rings is 1. The molecule has 0 saturated heterocycles. The van der Waals surface area contributed by atoms with Crippen LogP contribution in [-0.4, -0.2) is 19.2 Å². The highest BCUT2D eigenvalue weighted by Crippen LogP contribution is 2.35. The third-order valence-electron chi connectivity index (χ3n) is 3.23. The summed E-state index contributed by atoms with van der Waals surface area (Å²) in [6.45, 7) is 4.11. The minimum Gasteiger partial charge on any atom is -0.459 e. The zero-order chi connectivity index (χ0) is 18.0. The fourth-order valence-corrected chi connectivity index (χ4v) is 4.77. The van der Waals surface area contributed by atoms with E-state index in [0.29, 0.717) is 11.7 Å². The van der Waals surface area contributed by atoms with Gasteiger partial charge in [-0.05, 0) is 42.3 Å². The van der Waals surface area contributed by atoms with Crippen molar-refractivity contribution in [2.75, 3.05) is 5.75 Å². The second-order valence-corrected chi connectivity index (χ2v) is 9.52. The number of thioether (sulfide) groups is 1. The van der Waals surface area contributed by atoms with Gasteiger partial charge in [0.2, 0.25) is 20.0 Å². The summed E-state index contributed by atoms with van der Waals surface area (Å²) in [5, 5.41) is 0.204. The van der Waals surface area contributed by atoms with Crippen LogP contribution < -0.4 is 0 Å². The van der Waals surface area contributed by atoms with Gasteiger partial charge < -0.3 is 8.83 Å². The van der Waals surface area contributed by atoms with Gasteiger partial charge in [0.05, 0.1) is 11.2 Å². The summed E-state index contributed by atoms with van der Waals surface area (Å²) in [4.78, 5) is 4.39. The van der Waals surface area contributed by atoms with Crippen LogP contribution in [-0.2, 0) is 9.84 Å². The number of sulfone groups is 1. The lowest BCUT2D eigenvalue weighted by Gasteiger charge is -2.05. The fourth-order valence-electron chi connectivity index (χ4n) is 2.03. The van der Waals surface area contributed by atoms with Gasteiger partial charge in [0, 0.05) is 10.2 Å². The van der Waals surface area contributed by atoms with Crippen molar-refractivity contribution in [3.8, 4) is 11.7 Å². The molecule has 0 unspecified atom stereocenters. The summed E-state index contributed by atoms with van der Waals surface area (Å²) in [5.74, 6) is 1.65. The molecule has 2 aromatic heterocycles. The molecule has 0 amide bonds. The second-order valence-electron chi connectivity index (χ2n) is 5.75. The molecular formula is C17H16BrNO4S2. The van der Waals surface area contributed by atoms with Crippen molar-refractivity contribution in [2.24, 2.45) is 5.92 Å².